The van der Waals surface area contributed by atoms with Crippen LogP contribution in [0.2, 0.25) is 0 Å². The van der Waals surface area contributed by atoms with Gasteiger partial charge in [0.1, 0.15) is 5.82 Å². The van der Waals surface area contributed by atoms with Crippen LogP contribution in [-0.4, -0.2) is 35.9 Å². The molecule has 0 saturated heterocycles. The number of nitrogens with zero attached hydrogens (tertiary/aromatic N) is 4. The van der Waals surface area contributed by atoms with Gasteiger partial charge in [0.05, 0.1) is 28.5 Å². The Kier molecular flexibility index (Phi) is 3.95. The fourth-order valence-corrected chi connectivity index (χ4v) is 4.08. The third kappa shape index (κ3) is 2.68. The number of fused-ring (bicyclic) bond motifs is 1. The predicted molar refractivity (Wildman–Crippen MR) is 95.0 cm³/mol. The highest BCUT2D eigenvalue weighted by molar-refractivity contribution is 9.10. The van der Waals surface area contributed by atoms with Gasteiger partial charge in [0, 0.05) is 23.2 Å². The van der Waals surface area contributed by atoms with Crippen LogP contribution in [0.1, 0.15) is 37.3 Å². The van der Waals surface area contributed by atoms with Crippen LogP contribution in [-0.2, 0) is 4.79 Å². The van der Waals surface area contributed by atoms with Crippen LogP contribution in [0.3, 0.4) is 0 Å². The van der Waals surface area contributed by atoms with E-state index in [9.17, 15) is 9.90 Å². The number of aromatic nitrogens is 5. The van der Waals surface area contributed by atoms with Gasteiger partial charge in [-0.05, 0) is 41.6 Å². The Balaban J connectivity index is 1.76. The molecule has 1 aliphatic rings. The molecule has 0 unspecified atom stereocenters. The SMILES string of the molecule is Nc1c(Br)c(C2CCC(C(=O)O)CC2)nc2c(-c3cn[nH]c3)cnn12. The van der Waals surface area contributed by atoms with E-state index in [0.717, 1.165) is 34.1 Å². The molecule has 3 aromatic heterocycles. The van der Waals surface area contributed by atoms with Gasteiger partial charge >= 0.3 is 5.97 Å². The lowest BCUT2D eigenvalue weighted by Crippen LogP contribution is -2.21. The molecular formula is C16H17BrN6O2. The standard InChI is InChI=1S/C16H17BrN6O2/c17-12-13(8-1-3-9(4-2-8)16(24)25)22-15-11(10-5-19-20-6-10)7-21-23(15)14(12)18/h5-9H,1-4,18H2,(H,19,20)(H,24,25). The maximum atomic E-state index is 11.2. The first kappa shape index (κ1) is 16.1. The summed E-state index contributed by atoms with van der Waals surface area (Å²) in [6, 6.07) is 0. The molecule has 0 radical (unpaired) electrons. The summed E-state index contributed by atoms with van der Waals surface area (Å²) in [5.74, 6) is -0.287. The molecule has 1 fully saturated rings. The van der Waals surface area contributed by atoms with E-state index in [4.69, 9.17) is 10.7 Å². The van der Waals surface area contributed by atoms with Crippen molar-refractivity contribution in [1.29, 1.82) is 0 Å². The van der Waals surface area contributed by atoms with Gasteiger partial charge in [-0.15, -0.1) is 0 Å². The second-order valence-electron chi connectivity index (χ2n) is 6.36. The number of nitrogens with two attached hydrogens (primary N) is 1. The van der Waals surface area contributed by atoms with E-state index in [-0.39, 0.29) is 11.8 Å². The Bertz CT molecular complexity index is 928. The molecule has 130 valence electrons. The Morgan fingerprint density at radius 2 is 2.08 bits per heavy atom. The van der Waals surface area contributed by atoms with Crippen molar-refractivity contribution in [2.24, 2.45) is 5.92 Å². The van der Waals surface area contributed by atoms with Crippen molar-refractivity contribution in [3.8, 4) is 11.1 Å². The van der Waals surface area contributed by atoms with Crippen LogP contribution < -0.4 is 5.73 Å². The molecule has 3 heterocycles. The smallest absolute Gasteiger partial charge is 0.306 e. The molecule has 0 bridgehead atoms. The lowest BCUT2D eigenvalue weighted by atomic mass is 9.80. The molecular weight excluding hydrogens is 388 g/mol. The van der Waals surface area contributed by atoms with E-state index in [1.165, 1.54) is 0 Å². The van der Waals surface area contributed by atoms with Crippen LogP contribution in [0.15, 0.2) is 23.1 Å². The molecule has 4 rings (SSSR count). The monoisotopic (exact) mass is 404 g/mol. The zero-order valence-electron chi connectivity index (χ0n) is 13.3. The number of hydrogen-bond acceptors (Lipinski definition) is 5. The molecule has 9 heteroatoms. The molecule has 1 saturated carbocycles. The lowest BCUT2D eigenvalue weighted by molar-refractivity contribution is -0.142. The highest BCUT2D eigenvalue weighted by Crippen LogP contribution is 2.40. The van der Waals surface area contributed by atoms with Crippen LogP contribution >= 0.6 is 15.9 Å². The third-order valence-corrected chi connectivity index (χ3v) is 5.73. The van der Waals surface area contributed by atoms with Crippen LogP contribution in [0.4, 0.5) is 5.82 Å². The summed E-state index contributed by atoms with van der Waals surface area (Å²) in [5.41, 5.74) is 9.56. The number of aromatic amines is 1. The average molecular weight is 405 g/mol. The normalized spacial score (nSPS) is 20.8. The zero-order valence-corrected chi connectivity index (χ0v) is 14.9. The van der Waals surface area contributed by atoms with Gasteiger partial charge in [-0.3, -0.25) is 9.89 Å². The number of nitrogen functional groups attached to an aromatic ring is 1. The topological polar surface area (TPSA) is 122 Å². The van der Waals surface area contributed by atoms with Crippen molar-refractivity contribution in [1.82, 2.24) is 24.8 Å². The minimum absolute atomic E-state index is 0.185. The second kappa shape index (κ2) is 6.14. The number of nitrogens with one attached hydrogen (secondary N) is 1. The number of carboxylic acids is 1. The van der Waals surface area contributed by atoms with E-state index in [1.54, 1.807) is 23.1 Å². The van der Waals surface area contributed by atoms with Crippen molar-refractivity contribution in [2.45, 2.75) is 31.6 Å². The Hall–Kier alpha value is -2.42. The third-order valence-electron chi connectivity index (χ3n) is 4.92. The molecule has 0 aromatic carbocycles. The van der Waals surface area contributed by atoms with Crippen molar-refractivity contribution in [3.63, 3.8) is 0 Å². The van der Waals surface area contributed by atoms with Crippen molar-refractivity contribution >= 4 is 33.4 Å². The first-order valence-electron chi connectivity index (χ1n) is 8.10. The highest BCUT2D eigenvalue weighted by Gasteiger charge is 2.30. The van der Waals surface area contributed by atoms with Crippen molar-refractivity contribution in [3.05, 3.63) is 28.8 Å². The first-order chi connectivity index (χ1) is 12.1. The summed E-state index contributed by atoms with van der Waals surface area (Å²) in [4.78, 5) is 16.0. The van der Waals surface area contributed by atoms with Gasteiger partial charge in [-0.1, -0.05) is 0 Å². The summed E-state index contributed by atoms with van der Waals surface area (Å²) >= 11 is 3.56. The second-order valence-corrected chi connectivity index (χ2v) is 7.16. The number of halogens is 1. The van der Waals surface area contributed by atoms with Gasteiger partial charge in [-0.25, -0.2) is 4.98 Å². The van der Waals surface area contributed by atoms with Crippen LogP contribution in [0.25, 0.3) is 16.8 Å². The zero-order chi connectivity index (χ0) is 17.6. The average Bonchev–Trinajstić information content (AvgIpc) is 3.27. The van der Waals surface area contributed by atoms with E-state index >= 15 is 0 Å². The molecule has 0 spiro atoms. The number of aliphatic carboxylic acids is 1. The molecule has 1 aliphatic carbocycles. The molecule has 0 aliphatic heterocycles. The molecule has 25 heavy (non-hydrogen) atoms. The van der Waals surface area contributed by atoms with Crippen molar-refractivity contribution < 1.29 is 9.90 Å². The van der Waals surface area contributed by atoms with Crippen molar-refractivity contribution in [2.75, 3.05) is 5.73 Å². The van der Waals surface area contributed by atoms with Gasteiger partial charge in [0.25, 0.3) is 0 Å². The maximum Gasteiger partial charge on any atom is 0.306 e. The van der Waals surface area contributed by atoms with Gasteiger partial charge in [-0.2, -0.15) is 14.7 Å². The number of rotatable bonds is 3. The van der Waals surface area contributed by atoms with Gasteiger partial charge in [0.2, 0.25) is 0 Å². The summed E-state index contributed by atoms with van der Waals surface area (Å²) in [5, 5.41) is 20.3. The van der Waals surface area contributed by atoms with E-state index in [1.807, 2.05) is 0 Å². The molecule has 0 amide bonds. The minimum Gasteiger partial charge on any atom is -0.481 e. The fourth-order valence-electron chi connectivity index (χ4n) is 3.50. The van der Waals surface area contributed by atoms with E-state index in [0.29, 0.717) is 24.3 Å². The number of carbonyl (C=O) groups is 1. The molecule has 4 N–H and O–H groups in total. The summed E-state index contributed by atoms with van der Waals surface area (Å²) in [6.07, 6.45) is 8.12. The van der Waals surface area contributed by atoms with Crippen LogP contribution in [0, 0.1) is 5.92 Å². The van der Waals surface area contributed by atoms with E-state index < -0.39 is 5.97 Å². The number of hydrogen-bond donors (Lipinski definition) is 3. The molecule has 0 atom stereocenters. The largest absolute Gasteiger partial charge is 0.481 e. The number of anilines is 1. The number of carboxylic acid groups (broad SMARTS) is 1. The summed E-state index contributed by atoms with van der Waals surface area (Å²) in [6.45, 7) is 0. The number of H-pyrrole nitrogens is 1. The maximum absolute atomic E-state index is 11.2. The Morgan fingerprint density at radius 1 is 1.32 bits per heavy atom. The van der Waals surface area contributed by atoms with Crippen LogP contribution in [0.5, 0.6) is 0 Å². The Morgan fingerprint density at radius 3 is 2.72 bits per heavy atom. The summed E-state index contributed by atoms with van der Waals surface area (Å²) < 4.78 is 2.35. The highest BCUT2D eigenvalue weighted by atomic mass is 79.9. The molecule has 3 aromatic rings. The predicted octanol–water partition coefficient (Wildman–Crippen LogP) is 2.82. The van der Waals surface area contributed by atoms with E-state index in [2.05, 4.69) is 31.2 Å². The minimum atomic E-state index is -0.710. The lowest BCUT2D eigenvalue weighted by Gasteiger charge is -2.26. The quantitative estimate of drug-likeness (QED) is 0.616. The first-order valence-corrected chi connectivity index (χ1v) is 8.90. The Labute approximate surface area is 151 Å². The van der Waals surface area contributed by atoms with Gasteiger partial charge in [0.15, 0.2) is 5.65 Å². The molecule has 8 nitrogen and oxygen atoms in total. The fraction of sp³-hybridized carbons (Fsp3) is 0.375. The summed E-state index contributed by atoms with van der Waals surface area (Å²) in [7, 11) is 0. The van der Waals surface area contributed by atoms with Gasteiger partial charge < -0.3 is 10.8 Å².